The predicted octanol–water partition coefficient (Wildman–Crippen LogP) is 1.47. The van der Waals surface area contributed by atoms with E-state index in [9.17, 15) is 19.5 Å². The number of thioether (sulfide) groups is 1. The van der Waals surface area contributed by atoms with Crippen molar-refractivity contribution in [3.63, 3.8) is 0 Å². The number of carbonyl (C=O) groups excluding carboxylic acids is 2. The van der Waals surface area contributed by atoms with Crippen molar-refractivity contribution in [3.8, 4) is 0 Å². The molecule has 0 saturated heterocycles. The molecule has 5 nitrogen and oxygen atoms in total. The number of hydrogen-bond donors (Lipinski definition) is 2. The maximum atomic E-state index is 11.9. The Bertz CT molecular complexity index is 489. The van der Waals surface area contributed by atoms with Gasteiger partial charge in [0, 0.05) is 6.92 Å². The molecule has 6 heteroatoms. The summed E-state index contributed by atoms with van der Waals surface area (Å²) in [5.41, 5.74) is 0.854. The van der Waals surface area contributed by atoms with Crippen LogP contribution in [0.3, 0.4) is 0 Å². The number of carboxylic acid groups (broad SMARTS) is 1. The van der Waals surface area contributed by atoms with E-state index in [1.165, 1.54) is 13.8 Å². The molecule has 1 amide bonds. The van der Waals surface area contributed by atoms with E-state index in [1.54, 1.807) is 0 Å². The van der Waals surface area contributed by atoms with Gasteiger partial charge in [0.25, 0.3) is 0 Å². The van der Waals surface area contributed by atoms with Gasteiger partial charge in [-0.05, 0) is 18.9 Å². The quantitative estimate of drug-likeness (QED) is 0.830. The third kappa shape index (κ3) is 5.44. The van der Waals surface area contributed by atoms with Gasteiger partial charge in [0.15, 0.2) is 0 Å². The van der Waals surface area contributed by atoms with E-state index in [4.69, 9.17) is 0 Å². The van der Waals surface area contributed by atoms with Gasteiger partial charge in [0.1, 0.15) is 5.25 Å². The number of nitrogens with one attached hydrogen (secondary N) is 1. The number of hydrogen-bond acceptors (Lipinski definition) is 4. The average molecular weight is 295 g/mol. The van der Waals surface area contributed by atoms with Crippen LogP contribution in [0.1, 0.15) is 19.4 Å². The number of amides is 1. The average Bonchev–Trinajstić information content (AvgIpc) is 2.38. The smallest absolute Gasteiger partial charge is 0.317 e. The van der Waals surface area contributed by atoms with Crippen LogP contribution in [0, 0.1) is 0 Å². The van der Waals surface area contributed by atoms with Crippen molar-refractivity contribution in [1.29, 1.82) is 0 Å². The summed E-state index contributed by atoms with van der Waals surface area (Å²) in [4.78, 5) is 34.0. The predicted molar refractivity (Wildman–Crippen MR) is 77.4 cm³/mol. The molecule has 0 aliphatic rings. The summed E-state index contributed by atoms with van der Waals surface area (Å²) in [7, 11) is 0. The number of benzene rings is 1. The molecule has 0 saturated carbocycles. The van der Waals surface area contributed by atoms with Gasteiger partial charge < -0.3 is 10.4 Å². The van der Waals surface area contributed by atoms with Crippen molar-refractivity contribution in [3.05, 3.63) is 35.9 Å². The van der Waals surface area contributed by atoms with Crippen molar-refractivity contribution >= 4 is 28.8 Å². The molecular weight excluding hydrogens is 278 g/mol. The maximum absolute atomic E-state index is 11.9. The fourth-order valence-electron chi connectivity index (χ4n) is 1.61. The summed E-state index contributed by atoms with van der Waals surface area (Å²) in [5, 5.41) is 10.4. The van der Waals surface area contributed by atoms with E-state index in [0.29, 0.717) is 0 Å². The van der Waals surface area contributed by atoms with Crippen LogP contribution in [0.25, 0.3) is 0 Å². The van der Waals surface area contributed by atoms with E-state index in [1.807, 2.05) is 30.3 Å². The first kappa shape index (κ1) is 16.2. The Morgan fingerprint density at radius 1 is 1.25 bits per heavy atom. The second-order valence-corrected chi connectivity index (χ2v) is 5.58. The van der Waals surface area contributed by atoms with Crippen LogP contribution >= 0.6 is 11.8 Å². The number of aliphatic carboxylic acids is 1. The highest BCUT2D eigenvalue weighted by Crippen LogP contribution is 2.19. The lowest BCUT2D eigenvalue weighted by atomic mass is 10.1. The Kier molecular flexibility index (Phi) is 6.24. The Hall–Kier alpha value is -1.82. The van der Waals surface area contributed by atoms with Gasteiger partial charge in [0.05, 0.1) is 6.04 Å². The zero-order chi connectivity index (χ0) is 15.1. The number of rotatable bonds is 6. The first-order chi connectivity index (χ1) is 9.40. The fourth-order valence-corrected chi connectivity index (χ4v) is 2.53. The standard InChI is InChI=1S/C14H17NO4S/c1-9(15-10(2)16)14(19)20-12(13(17)18)8-11-6-4-3-5-7-11/h3-7,9,12H,8H2,1-2H3,(H,15,16)(H,17,18)/t9-,12-/m1/s1. The Balaban J connectivity index is 2.66. The van der Waals surface area contributed by atoms with Crippen molar-refractivity contribution in [2.45, 2.75) is 31.6 Å². The molecule has 1 aromatic carbocycles. The molecule has 0 radical (unpaired) electrons. The minimum absolute atomic E-state index is 0.263. The minimum atomic E-state index is -1.04. The van der Waals surface area contributed by atoms with Gasteiger partial charge in [-0.1, -0.05) is 42.1 Å². The molecule has 0 spiro atoms. The van der Waals surface area contributed by atoms with Crippen LogP contribution in [-0.4, -0.2) is 33.4 Å². The molecule has 0 aliphatic carbocycles. The highest BCUT2D eigenvalue weighted by atomic mass is 32.2. The first-order valence-electron chi connectivity index (χ1n) is 6.14. The molecule has 2 atom stereocenters. The second-order valence-electron chi connectivity index (χ2n) is 4.38. The van der Waals surface area contributed by atoms with Crippen molar-refractivity contribution in [1.82, 2.24) is 5.32 Å². The highest BCUT2D eigenvalue weighted by Gasteiger charge is 2.25. The third-order valence-corrected chi connectivity index (χ3v) is 3.81. The van der Waals surface area contributed by atoms with Gasteiger partial charge in [-0.2, -0.15) is 0 Å². The summed E-state index contributed by atoms with van der Waals surface area (Å²) in [5.74, 6) is -1.36. The van der Waals surface area contributed by atoms with Gasteiger partial charge in [0.2, 0.25) is 11.0 Å². The molecule has 108 valence electrons. The van der Waals surface area contributed by atoms with E-state index >= 15 is 0 Å². The number of carbonyl (C=O) groups is 3. The Labute approximate surface area is 121 Å². The lowest BCUT2D eigenvalue weighted by Gasteiger charge is -2.15. The Morgan fingerprint density at radius 3 is 2.35 bits per heavy atom. The lowest BCUT2D eigenvalue weighted by molar-refractivity contribution is -0.136. The molecule has 1 aromatic rings. The molecule has 20 heavy (non-hydrogen) atoms. The number of carboxylic acids is 1. The van der Waals surface area contributed by atoms with Crippen LogP contribution in [-0.2, 0) is 20.8 Å². The summed E-state index contributed by atoms with van der Waals surface area (Å²) < 4.78 is 0. The van der Waals surface area contributed by atoms with Crippen molar-refractivity contribution in [2.75, 3.05) is 0 Å². The van der Waals surface area contributed by atoms with E-state index in [2.05, 4.69) is 5.32 Å². The van der Waals surface area contributed by atoms with Crippen LogP contribution in [0.5, 0.6) is 0 Å². The largest absolute Gasteiger partial charge is 0.480 e. The summed E-state index contributed by atoms with van der Waals surface area (Å²) in [6.45, 7) is 2.85. The molecule has 0 bridgehead atoms. The van der Waals surface area contributed by atoms with Gasteiger partial charge in [-0.25, -0.2) is 0 Å². The fraction of sp³-hybridized carbons (Fsp3) is 0.357. The van der Waals surface area contributed by atoms with Crippen molar-refractivity contribution < 1.29 is 19.5 Å². The molecule has 0 heterocycles. The minimum Gasteiger partial charge on any atom is -0.480 e. The SMILES string of the molecule is CC(=O)N[C@H](C)C(=O)S[C@H](Cc1ccccc1)C(=O)O. The molecule has 0 aliphatic heterocycles. The maximum Gasteiger partial charge on any atom is 0.317 e. The second kappa shape index (κ2) is 7.69. The molecule has 0 unspecified atom stereocenters. The van der Waals surface area contributed by atoms with Gasteiger partial charge >= 0.3 is 5.97 Å². The van der Waals surface area contributed by atoms with Gasteiger partial charge in [-0.3, -0.25) is 14.4 Å². The first-order valence-corrected chi connectivity index (χ1v) is 7.02. The zero-order valence-electron chi connectivity index (χ0n) is 11.3. The Morgan fingerprint density at radius 2 is 1.85 bits per heavy atom. The summed E-state index contributed by atoms with van der Waals surface area (Å²) in [6.07, 6.45) is 0.263. The highest BCUT2D eigenvalue weighted by molar-refractivity contribution is 8.14. The third-order valence-electron chi connectivity index (χ3n) is 2.57. The van der Waals surface area contributed by atoms with E-state index < -0.39 is 17.3 Å². The summed E-state index contributed by atoms with van der Waals surface area (Å²) in [6, 6.07) is 8.42. The van der Waals surface area contributed by atoms with Crippen LogP contribution in [0.2, 0.25) is 0 Å². The van der Waals surface area contributed by atoms with E-state index in [0.717, 1.165) is 17.3 Å². The van der Waals surface area contributed by atoms with E-state index in [-0.39, 0.29) is 17.4 Å². The lowest BCUT2D eigenvalue weighted by Crippen LogP contribution is -2.37. The topological polar surface area (TPSA) is 83.5 Å². The zero-order valence-corrected chi connectivity index (χ0v) is 12.1. The monoisotopic (exact) mass is 295 g/mol. The van der Waals surface area contributed by atoms with Crippen LogP contribution in [0.4, 0.5) is 0 Å². The molecule has 2 N–H and O–H groups in total. The summed E-state index contributed by atoms with van der Waals surface area (Å²) >= 11 is 0.745. The normalized spacial score (nSPS) is 13.3. The van der Waals surface area contributed by atoms with Crippen molar-refractivity contribution in [2.24, 2.45) is 0 Å². The van der Waals surface area contributed by atoms with Crippen LogP contribution < -0.4 is 5.32 Å². The molecular formula is C14H17NO4S. The van der Waals surface area contributed by atoms with Crippen LogP contribution in [0.15, 0.2) is 30.3 Å². The van der Waals surface area contributed by atoms with Gasteiger partial charge in [-0.15, -0.1) is 0 Å². The molecule has 0 fully saturated rings. The molecule has 1 rings (SSSR count). The molecule has 0 aromatic heterocycles.